The number of fused-ring (bicyclic) bond motifs is 5. The molecule has 3 saturated carbocycles. The van der Waals surface area contributed by atoms with Gasteiger partial charge in [-0.1, -0.05) is 25.5 Å². The van der Waals surface area contributed by atoms with E-state index < -0.39 is 11.0 Å². The highest BCUT2D eigenvalue weighted by Gasteiger charge is 2.67. The molecule has 27 heavy (non-hydrogen) atoms. The molecule has 4 nitrogen and oxygen atoms in total. The second-order valence-corrected chi connectivity index (χ2v) is 10.2. The van der Waals surface area contributed by atoms with E-state index in [0.29, 0.717) is 24.7 Å². The molecule has 0 bridgehead atoms. The summed E-state index contributed by atoms with van der Waals surface area (Å²) in [7, 11) is 0. The molecule has 0 spiro atoms. The maximum Gasteiger partial charge on any atom is 0.303 e. The number of rotatable bonds is 1. The van der Waals surface area contributed by atoms with Gasteiger partial charge >= 0.3 is 5.97 Å². The fraction of sp³-hybridized carbons (Fsp3) is 0.783. The monoisotopic (exact) mass is 372 g/mol. The number of Topliss-reactive ketones (excluding diaryl/α,β-unsaturated/α-hetero) is 2. The molecule has 0 aromatic rings. The van der Waals surface area contributed by atoms with E-state index in [1.807, 2.05) is 6.92 Å². The number of ether oxygens (including phenoxy) is 1. The van der Waals surface area contributed by atoms with Crippen molar-refractivity contribution in [1.82, 2.24) is 0 Å². The SMILES string of the molecule is CC(=O)O[C@@]1(C)CC[C@@H]2[C@@H]3CCC(=O)[C@@]4(C)C(=O)CC[C@]4(C)C3=CC[C@@]21C. The molecule has 0 aromatic carbocycles. The average molecular weight is 373 g/mol. The van der Waals surface area contributed by atoms with Crippen molar-refractivity contribution >= 4 is 17.5 Å². The minimum Gasteiger partial charge on any atom is -0.459 e. The molecule has 0 aliphatic heterocycles. The third kappa shape index (κ3) is 2.13. The largest absolute Gasteiger partial charge is 0.459 e. The smallest absolute Gasteiger partial charge is 0.303 e. The summed E-state index contributed by atoms with van der Waals surface area (Å²) in [6.07, 6.45) is 7.64. The van der Waals surface area contributed by atoms with Crippen LogP contribution in [0.4, 0.5) is 0 Å². The van der Waals surface area contributed by atoms with Gasteiger partial charge in [0.25, 0.3) is 0 Å². The van der Waals surface area contributed by atoms with Crippen LogP contribution in [0.15, 0.2) is 11.6 Å². The Morgan fingerprint density at radius 2 is 1.70 bits per heavy atom. The van der Waals surface area contributed by atoms with E-state index >= 15 is 0 Å². The molecular formula is C23H32O4. The first-order valence-corrected chi connectivity index (χ1v) is 10.5. The molecule has 3 fully saturated rings. The van der Waals surface area contributed by atoms with E-state index in [-0.39, 0.29) is 28.4 Å². The van der Waals surface area contributed by atoms with Gasteiger partial charge in [-0.15, -0.1) is 0 Å². The molecule has 0 aromatic heterocycles. The van der Waals surface area contributed by atoms with Crippen LogP contribution in [0.5, 0.6) is 0 Å². The number of hydrogen-bond acceptors (Lipinski definition) is 4. The molecule has 0 saturated heterocycles. The van der Waals surface area contributed by atoms with E-state index in [0.717, 1.165) is 32.1 Å². The highest BCUT2D eigenvalue weighted by molar-refractivity contribution is 6.09. The zero-order chi connectivity index (χ0) is 19.8. The lowest BCUT2D eigenvalue weighted by Gasteiger charge is -2.51. The second-order valence-electron chi connectivity index (χ2n) is 10.2. The molecular weight excluding hydrogens is 340 g/mol. The maximum absolute atomic E-state index is 13.1. The summed E-state index contributed by atoms with van der Waals surface area (Å²) in [6.45, 7) is 9.89. The molecule has 4 aliphatic carbocycles. The van der Waals surface area contributed by atoms with Gasteiger partial charge in [0.2, 0.25) is 0 Å². The van der Waals surface area contributed by atoms with Crippen molar-refractivity contribution in [2.75, 3.05) is 0 Å². The Morgan fingerprint density at radius 1 is 1.04 bits per heavy atom. The Balaban J connectivity index is 1.80. The average Bonchev–Trinajstić information content (AvgIpc) is 2.95. The van der Waals surface area contributed by atoms with Gasteiger partial charge in [-0.05, 0) is 57.8 Å². The Bertz CT molecular complexity index is 766. The lowest BCUT2D eigenvalue weighted by atomic mass is 9.53. The highest BCUT2D eigenvalue weighted by atomic mass is 16.6. The van der Waals surface area contributed by atoms with Crippen molar-refractivity contribution in [3.8, 4) is 0 Å². The van der Waals surface area contributed by atoms with E-state index in [1.165, 1.54) is 12.5 Å². The normalized spacial score (nSPS) is 49.0. The standard InChI is InChI=1S/C23H32O4/c1-14(24)27-22(4)13-9-16-15-6-7-18(25)23(5)19(26)10-12-21(23,3)17(15)8-11-20(16,22)2/h8,15-16H,6-7,9-13H2,1-5H3/t15-,16+,20-,21+,22-,23-/m0/s1. The van der Waals surface area contributed by atoms with E-state index in [2.05, 4.69) is 26.8 Å². The fourth-order valence-corrected chi connectivity index (χ4v) is 7.21. The minimum absolute atomic E-state index is 0.115. The van der Waals surface area contributed by atoms with Crippen molar-refractivity contribution in [2.24, 2.45) is 28.1 Å². The summed E-state index contributed by atoms with van der Waals surface area (Å²) in [4.78, 5) is 37.6. The third-order valence-electron chi connectivity index (χ3n) is 9.35. The molecule has 0 heterocycles. The summed E-state index contributed by atoms with van der Waals surface area (Å²) in [5, 5.41) is 0. The van der Waals surface area contributed by atoms with Crippen LogP contribution in [0.3, 0.4) is 0 Å². The Hall–Kier alpha value is -1.45. The van der Waals surface area contributed by atoms with Gasteiger partial charge in [0, 0.05) is 30.6 Å². The van der Waals surface area contributed by atoms with Crippen LogP contribution in [0, 0.1) is 28.1 Å². The van der Waals surface area contributed by atoms with Gasteiger partial charge < -0.3 is 4.74 Å². The molecule has 4 aliphatic rings. The highest BCUT2D eigenvalue weighted by Crippen LogP contribution is 2.68. The lowest BCUT2D eigenvalue weighted by Crippen LogP contribution is -2.51. The zero-order valence-corrected chi connectivity index (χ0v) is 17.3. The van der Waals surface area contributed by atoms with Crippen LogP contribution >= 0.6 is 0 Å². The predicted octanol–water partition coefficient (Wildman–Crippen LogP) is 4.41. The number of carbonyl (C=O) groups excluding carboxylic acids is 3. The molecule has 4 heteroatoms. The van der Waals surface area contributed by atoms with Gasteiger partial charge in [-0.25, -0.2) is 0 Å². The molecule has 6 atom stereocenters. The van der Waals surface area contributed by atoms with Gasteiger partial charge in [-0.3, -0.25) is 14.4 Å². The van der Waals surface area contributed by atoms with Gasteiger partial charge in [0.15, 0.2) is 0 Å². The molecule has 4 rings (SSSR count). The Kier molecular flexibility index (Phi) is 3.88. The van der Waals surface area contributed by atoms with Crippen LogP contribution in [-0.2, 0) is 19.1 Å². The summed E-state index contributed by atoms with van der Waals surface area (Å²) in [5.74, 6) is 0.741. The number of hydrogen-bond donors (Lipinski definition) is 0. The van der Waals surface area contributed by atoms with Crippen molar-refractivity contribution in [3.63, 3.8) is 0 Å². The van der Waals surface area contributed by atoms with Crippen LogP contribution in [-0.4, -0.2) is 23.1 Å². The third-order valence-corrected chi connectivity index (χ3v) is 9.35. The number of allylic oxidation sites excluding steroid dienone is 2. The molecule has 0 unspecified atom stereocenters. The van der Waals surface area contributed by atoms with E-state index in [4.69, 9.17) is 4.74 Å². The first-order valence-electron chi connectivity index (χ1n) is 10.5. The quantitative estimate of drug-likeness (QED) is 0.389. The summed E-state index contributed by atoms with van der Waals surface area (Å²) >= 11 is 0. The molecule has 0 radical (unpaired) electrons. The van der Waals surface area contributed by atoms with Crippen molar-refractivity contribution < 1.29 is 19.1 Å². The predicted molar refractivity (Wildman–Crippen MR) is 102 cm³/mol. The first kappa shape index (κ1) is 18.9. The summed E-state index contributed by atoms with van der Waals surface area (Å²) < 4.78 is 5.86. The van der Waals surface area contributed by atoms with Crippen LogP contribution < -0.4 is 0 Å². The van der Waals surface area contributed by atoms with Crippen molar-refractivity contribution in [1.29, 1.82) is 0 Å². The van der Waals surface area contributed by atoms with E-state index in [1.54, 1.807) is 0 Å². The zero-order valence-electron chi connectivity index (χ0n) is 17.3. The molecule has 0 amide bonds. The van der Waals surface area contributed by atoms with Gasteiger partial charge in [-0.2, -0.15) is 0 Å². The summed E-state index contributed by atoms with van der Waals surface area (Å²) in [6, 6.07) is 0. The Morgan fingerprint density at radius 3 is 2.37 bits per heavy atom. The molecule has 0 N–H and O–H groups in total. The first-order chi connectivity index (χ1) is 12.5. The van der Waals surface area contributed by atoms with Crippen LogP contribution in [0.2, 0.25) is 0 Å². The second kappa shape index (κ2) is 5.55. The van der Waals surface area contributed by atoms with Crippen molar-refractivity contribution in [3.05, 3.63) is 11.6 Å². The number of esters is 1. The van der Waals surface area contributed by atoms with Crippen LogP contribution in [0.25, 0.3) is 0 Å². The molecule has 148 valence electrons. The number of carbonyl (C=O) groups is 3. The van der Waals surface area contributed by atoms with Crippen molar-refractivity contribution in [2.45, 2.75) is 85.2 Å². The van der Waals surface area contributed by atoms with E-state index in [9.17, 15) is 14.4 Å². The Labute approximate surface area is 162 Å². The van der Waals surface area contributed by atoms with Gasteiger partial charge in [0.05, 0.1) is 5.41 Å². The summed E-state index contributed by atoms with van der Waals surface area (Å²) in [5.41, 5.74) is -0.452. The lowest BCUT2D eigenvalue weighted by molar-refractivity contribution is -0.170. The van der Waals surface area contributed by atoms with Gasteiger partial charge in [0.1, 0.15) is 17.2 Å². The minimum atomic E-state index is -0.862. The van der Waals surface area contributed by atoms with Crippen LogP contribution in [0.1, 0.15) is 79.6 Å². The topological polar surface area (TPSA) is 60.4 Å². The number of ketones is 2. The fourth-order valence-electron chi connectivity index (χ4n) is 7.21. The maximum atomic E-state index is 13.1.